The molecule has 3 amide bonds. The second kappa shape index (κ2) is 8.02. The molecule has 0 radical (unpaired) electrons. The summed E-state index contributed by atoms with van der Waals surface area (Å²) in [6.07, 6.45) is -0.258. The molecule has 1 saturated heterocycles. The lowest BCUT2D eigenvalue weighted by Gasteiger charge is -2.39. The molecule has 2 aliphatic heterocycles. The Morgan fingerprint density at radius 3 is 2.30 bits per heavy atom. The van der Waals surface area contributed by atoms with E-state index in [1.54, 1.807) is 4.90 Å². The van der Waals surface area contributed by atoms with Gasteiger partial charge in [0.2, 0.25) is 5.91 Å². The summed E-state index contributed by atoms with van der Waals surface area (Å²) in [5.74, 6) is -1.40. The van der Waals surface area contributed by atoms with Gasteiger partial charge < -0.3 is 9.64 Å². The van der Waals surface area contributed by atoms with Crippen molar-refractivity contribution in [1.82, 2.24) is 9.80 Å². The molecule has 2 aromatic carbocycles. The zero-order valence-electron chi connectivity index (χ0n) is 16.5. The number of carbonyl (C=O) groups is 3. The third-order valence-electron chi connectivity index (χ3n) is 5.59. The molecule has 2 aromatic rings. The van der Waals surface area contributed by atoms with E-state index in [0.29, 0.717) is 13.2 Å². The van der Waals surface area contributed by atoms with Gasteiger partial charge in [0.05, 0.1) is 40.4 Å². The number of aryl methyl sites for hydroxylation is 1. The molecule has 0 bridgehead atoms. The van der Waals surface area contributed by atoms with Crippen LogP contribution in [0.15, 0.2) is 36.4 Å². The molecule has 6 nitrogen and oxygen atoms in total. The maximum absolute atomic E-state index is 13.1. The predicted molar refractivity (Wildman–Crippen MR) is 113 cm³/mol. The number of amides is 3. The number of rotatable bonds is 3. The van der Waals surface area contributed by atoms with Gasteiger partial charge in [0.1, 0.15) is 12.6 Å². The summed E-state index contributed by atoms with van der Waals surface area (Å²) in [7, 11) is 0. The number of ether oxygens (including phenoxy) is 1. The lowest BCUT2D eigenvalue weighted by atomic mass is 10.0. The van der Waals surface area contributed by atoms with Gasteiger partial charge in [-0.3, -0.25) is 19.3 Å². The summed E-state index contributed by atoms with van der Waals surface area (Å²) >= 11 is 12.0. The molecular weight excluding hydrogens is 427 g/mol. The minimum atomic E-state index is -0.543. The van der Waals surface area contributed by atoms with Crippen molar-refractivity contribution in [2.24, 2.45) is 0 Å². The third kappa shape index (κ3) is 3.60. The Bertz CT molecular complexity index is 1010. The van der Waals surface area contributed by atoms with Gasteiger partial charge in [0, 0.05) is 0 Å². The summed E-state index contributed by atoms with van der Waals surface area (Å²) in [6.45, 7) is 4.27. The van der Waals surface area contributed by atoms with Crippen LogP contribution in [-0.2, 0) is 9.53 Å². The first kappa shape index (κ1) is 20.8. The highest BCUT2D eigenvalue weighted by atomic mass is 35.5. The second-order valence-electron chi connectivity index (χ2n) is 7.58. The van der Waals surface area contributed by atoms with E-state index in [9.17, 15) is 14.4 Å². The van der Waals surface area contributed by atoms with E-state index in [0.717, 1.165) is 16.0 Å². The van der Waals surface area contributed by atoms with Crippen LogP contribution in [0.5, 0.6) is 0 Å². The maximum Gasteiger partial charge on any atom is 0.262 e. The SMILES string of the molecule is Cc1ccccc1[C@H]1CN(C(=O)CN2C(=O)c3cc(Cl)c(Cl)cc3C2=O)[C@@H](C)CO1. The van der Waals surface area contributed by atoms with Gasteiger partial charge in [-0.2, -0.15) is 0 Å². The van der Waals surface area contributed by atoms with Crippen molar-refractivity contribution in [1.29, 1.82) is 0 Å². The molecule has 2 atom stereocenters. The highest BCUT2D eigenvalue weighted by molar-refractivity contribution is 6.43. The number of morpholine rings is 1. The number of imide groups is 1. The number of hydrogen-bond donors (Lipinski definition) is 0. The van der Waals surface area contributed by atoms with Crippen molar-refractivity contribution in [2.45, 2.75) is 26.0 Å². The Kier molecular flexibility index (Phi) is 5.57. The van der Waals surface area contributed by atoms with Crippen LogP contribution < -0.4 is 0 Å². The summed E-state index contributed by atoms with van der Waals surface area (Å²) in [4.78, 5) is 41.1. The van der Waals surface area contributed by atoms with Gasteiger partial charge in [0.25, 0.3) is 11.8 Å². The summed E-state index contributed by atoms with van der Waals surface area (Å²) in [5, 5.41) is 0.375. The average Bonchev–Trinajstić information content (AvgIpc) is 2.93. The van der Waals surface area contributed by atoms with Gasteiger partial charge in [-0.25, -0.2) is 0 Å². The Hall–Kier alpha value is -2.41. The zero-order valence-corrected chi connectivity index (χ0v) is 18.0. The van der Waals surface area contributed by atoms with Gasteiger partial charge in [-0.05, 0) is 37.1 Å². The molecule has 156 valence electrons. The largest absolute Gasteiger partial charge is 0.370 e. The van der Waals surface area contributed by atoms with E-state index in [2.05, 4.69) is 0 Å². The quantitative estimate of drug-likeness (QED) is 0.670. The minimum Gasteiger partial charge on any atom is -0.370 e. The first-order valence-electron chi connectivity index (χ1n) is 9.59. The molecule has 4 rings (SSSR count). The van der Waals surface area contributed by atoms with Crippen LogP contribution in [0.2, 0.25) is 10.0 Å². The topological polar surface area (TPSA) is 66.9 Å². The fraction of sp³-hybridized carbons (Fsp3) is 0.318. The Balaban J connectivity index is 1.52. The van der Waals surface area contributed by atoms with Crippen molar-refractivity contribution < 1.29 is 19.1 Å². The molecule has 30 heavy (non-hydrogen) atoms. The predicted octanol–water partition coefficient (Wildman–Crippen LogP) is 3.89. The smallest absolute Gasteiger partial charge is 0.262 e. The molecule has 0 aliphatic carbocycles. The number of fused-ring (bicyclic) bond motifs is 1. The summed E-state index contributed by atoms with van der Waals surface area (Å²) < 4.78 is 5.96. The number of nitrogens with zero attached hydrogens (tertiary/aromatic N) is 2. The number of benzene rings is 2. The Morgan fingerprint density at radius 2 is 1.70 bits per heavy atom. The van der Waals surface area contributed by atoms with Gasteiger partial charge in [-0.15, -0.1) is 0 Å². The minimum absolute atomic E-state index is 0.162. The molecular formula is C22H20Cl2N2O4. The molecule has 2 heterocycles. The van der Waals surface area contributed by atoms with Crippen LogP contribution in [0.4, 0.5) is 0 Å². The third-order valence-corrected chi connectivity index (χ3v) is 6.32. The lowest BCUT2D eigenvalue weighted by molar-refractivity contribution is -0.144. The Labute approximate surface area is 184 Å². The normalized spacial score (nSPS) is 21.2. The van der Waals surface area contributed by atoms with E-state index in [-0.39, 0.29) is 45.8 Å². The van der Waals surface area contributed by atoms with Crippen molar-refractivity contribution in [2.75, 3.05) is 19.7 Å². The second-order valence-corrected chi connectivity index (χ2v) is 8.40. The van der Waals surface area contributed by atoms with Crippen molar-refractivity contribution in [3.8, 4) is 0 Å². The molecule has 0 N–H and O–H groups in total. The zero-order chi connectivity index (χ0) is 21.6. The first-order valence-corrected chi connectivity index (χ1v) is 10.4. The van der Waals surface area contributed by atoms with Gasteiger partial charge >= 0.3 is 0 Å². The molecule has 0 spiro atoms. The molecule has 1 fully saturated rings. The monoisotopic (exact) mass is 446 g/mol. The van der Waals surface area contributed by atoms with Crippen LogP contribution in [0.3, 0.4) is 0 Å². The molecule has 2 aliphatic rings. The van der Waals surface area contributed by atoms with E-state index < -0.39 is 11.8 Å². The van der Waals surface area contributed by atoms with Crippen LogP contribution in [-0.4, -0.2) is 53.3 Å². The first-order chi connectivity index (χ1) is 14.3. The standard InChI is InChI=1S/C22H20Cl2N2O4/c1-12-5-3-4-6-14(12)19-9-25(13(2)11-30-19)20(27)10-26-21(28)15-7-17(23)18(24)8-16(15)22(26)29/h3-8,13,19H,9-11H2,1-2H3/t13-,19+/m0/s1. The van der Waals surface area contributed by atoms with Crippen molar-refractivity contribution in [3.05, 3.63) is 68.7 Å². The number of halogens is 2. The molecule has 0 aromatic heterocycles. The Morgan fingerprint density at radius 1 is 1.10 bits per heavy atom. The van der Waals surface area contributed by atoms with E-state index in [1.807, 2.05) is 38.1 Å². The average molecular weight is 447 g/mol. The van der Waals surface area contributed by atoms with E-state index in [4.69, 9.17) is 27.9 Å². The highest BCUT2D eigenvalue weighted by Gasteiger charge is 2.39. The molecule has 0 unspecified atom stereocenters. The fourth-order valence-electron chi connectivity index (χ4n) is 3.89. The number of hydrogen-bond acceptors (Lipinski definition) is 4. The maximum atomic E-state index is 13.1. The molecule has 8 heteroatoms. The fourth-order valence-corrected chi connectivity index (χ4v) is 4.22. The van der Waals surface area contributed by atoms with Crippen LogP contribution in [0.1, 0.15) is 44.9 Å². The van der Waals surface area contributed by atoms with Gasteiger partial charge in [0.15, 0.2) is 0 Å². The highest BCUT2D eigenvalue weighted by Crippen LogP contribution is 2.32. The summed E-state index contributed by atoms with van der Waals surface area (Å²) in [5.41, 5.74) is 2.43. The molecule has 0 saturated carbocycles. The summed E-state index contributed by atoms with van der Waals surface area (Å²) in [6, 6.07) is 10.4. The van der Waals surface area contributed by atoms with E-state index >= 15 is 0 Å². The van der Waals surface area contributed by atoms with Crippen LogP contribution >= 0.6 is 23.2 Å². The number of carbonyl (C=O) groups excluding carboxylic acids is 3. The van der Waals surface area contributed by atoms with Crippen molar-refractivity contribution in [3.63, 3.8) is 0 Å². The van der Waals surface area contributed by atoms with Crippen LogP contribution in [0.25, 0.3) is 0 Å². The van der Waals surface area contributed by atoms with Gasteiger partial charge in [-0.1, -0.05) is 47.5 Å². The van der Waals surface area contributed by atoms with Crippen molar-refractivity contribution >= 4 is 40.9 Å². The van der Waals surface area contributed by atoms with E-state index in [1.165, 1.54) is 12.1 Å². The lowest BCUT2D eigenvalue weighted by Crippen LogP contribution is -2.52. The van der Waals surface area contributed by atoms with Crippen LogP contribution in [0, 0.1) is 6.92 Å².